The smallest absolute Gasteiger partial charge is 0.317 e. The van der Waals surface area contributed by atoms with Gasteiger partial charge in [0.15, 0.2) is 11.6 Å². The van der Waals surface area contributed by atoms with Crippen LogP contribution in [0.4, 0.5) is 0 Å². The molecule has 2 atom stereocenters. The Morgan fingerprint density at radius 1 is 1.17 bits per heavy atom. The largest absolute Gasteiger partial charge is 0.508 e. The lowest BCUT2D eigenvalue weighted by atomic mass is 9.73. The van der Waals surface area contributed by atoms with Crippen molar-refractivity contribution in [2.24, 2.45) is 11.8 Å². The summed E-state index contributed by atoms with van der Waals surface area (Å²) in [5.41, 5.74) is 2.04. The first-order valence-electron chi connectivity index (χ1n) is 12.6. The predicted molar refractivity (Wildman–Crippen MR) is 129 cm³/mol. The lowest BCUT2D eigenvalue weighted by Crippen LogP contribution is -2.52. The van der Waals surface area contributed by atoms with Gasteiger partial charge in [0.25, 0.3) is 5.78 Å². The van der Waals surface area contributed by atoms with Gasteiger partial charge in [0.2, 0.25) is 0 Å². The average molecular weight is 477 g/mol. The van der Waals surface area contributed by atoms with E-state index in [1.54, 1.807) is 16.8 Å². The van der Waals surface area contributed by atoms with Crippen molar-refractivity contribution < 1.29 is 19.4 Å². The van der Waals surface area contributed by atoms with Gasteiger partial charge in [-0.2, -0.15) is 4.98 Å². The van der Waals surface area contributed by atoms with Gasteiger partial charge in [-0.1, -0.05) is 31.9 Å². The number of ether oxygens (including phenoxy) is 1. The van der Waals surface area contributed by atoms with E-state index >= 15 is 0 Å². The van der Waals surface area contributed by atoms with Gasteiger partial charge in [-0.05, 0) is 68.2 Å². The van der Waals surface area contributed by atoms with Crippen LogP contribution in [0.25, 0.3) is 5.78 Å². The monoisotopic (exact) mass is 476 g/mol. The number of nitrogens with zero attached hydrogens (tertiary/aromatic N) is 4. The number of carbonyl (C=O) groups is 2. The van der Waals surface area contributed by atoms with Crippen LogP contribution in [-0.2, 0) is 33.6 Å². The molecule has 8 nitrogen and oxygen atoms in total. The number of aromatic nitrogens is 4. The van der Waals surface area contributed by atoms with Gasteiger partial charge in [0, 0.05) is 24.7 Å². The Morgan fingerprint density at radius 2 is 1.97 bits per heavy atom. The average Bonchev–Trinajstić information content (AvgIpc) is 3.51. The van der Waals surface area contributed by atoms with Crippen LogP contribution in [0.1, 0.15) is 68.1 Å². The number of ketones is 1. The highest BCUT2D eigenvalue weighted by atomic mass is 16.6. The van der Waals surface area contributed by atoms with Gasteiger partial charge in [-0.25, -0.2) is 9.50 Å². The van der Waals surface area contributed by atoms with Crippen LogP contribution in [0.3, 0.4) is 0 Å². The fourth-order valence-electron chi connectivity index (χ4n) is 5.69. The summed E-state index contributed by atoms with van der Waals surface area (Å²) in [7, 11) is 0. The summed E-state index contributed by atoms with van der Waals surface area (Å²) in [6.45, 7) is 3.88. The summed E-state index contributed by atoms with van der Waals surface area (Å²) >= 11 is 0. The molecular formula is C27H32N4O4. The number of benzene rings is 1. The van der Waals surface area contributed by atoms with Gasteiger partial charge in [0.05, 0.1) is 0 Å². The van der Waals surface area contributed by atoms with Gasteiger partial charge >= 0.3 is 5.97 Å². The van der Waals surface area contributed by atoms with Crippen LogP contribution in [0.2, 0.25) is 0 Å². The number of hydrogen-bond donors (Lipinski definition) is 1. The lowest BCUT2D eigenvalue weighted by molar-refractivity contribution is -0.185. The molecule has 8 heteroatoms. The summed E-state index contributed by atoms with van der Waals surface area (Å²) < 4.78 is 7.78. The van der Waals surface area contributed by atoms with Crippen molar-refractivity contribution in [1.29, 1.82) is 0 Å². The Bertz CT molecular complexity index is 1240. The normalized spacial score (nSPS) is 23.2. The predicted octanol–water partition coefficient (Wildman–Crippen LogP) is 3.94. The van der Waals surface area contributed by atoms with E-state index in [9.17, 15) is 14.7 Å². The molecule has 5 rings (SSSR count). The molecule has 2 unspecified atom stereocenters. The second-order valence-corrected chi connectivity index (χ2v) is 10.0. The van der Waals surface area contributed by atoms with Crippen LogP contribution in [0, 0.1) is 18.8 Å². The Balaban J connectivity index is 1.35. The first kappa shape index (κ1) is 23.5. The highest BCUT2D eigenvalue weighted by Crippen LogP contribution is 2.45. The van der Waals surface area contributed by atoms with Crippen molar-refractivity contribution in [2.75, 3.05) is 0 Å². The molecule has 0 bridgehead atoms. The number of fused-ring (bicyclic) bond motifs is 1. The van der Waals surface area contributed by atoms with Crippen molar-refractivity contribution in [3.05, 3.63) is 53.1 Å². The zero-order chi connectivity index (χ0) is 24.6. The van der Waals surface area contributed by atoms with Crippen LogP contribution < -0.4 is 0 Å². The molecular weight excluding hydrogens is 444 g/mol. The third kappa shape index (κ3) is 4.66. The number of hydrogen-bond acceptors (Lipinski definition) is 7. The standard InChI is InChI=1S/C27H32N4O4/c1-3-19-14-18(8-9-22(19)32)10-12-27(20-6-4-5-7-20)16-23(33)21(25(34)35-27)15-24-29-26-28-17(2)11-13-31(26)30-24/h8-9,11,13-14,20-21,32H,3-7,10,12,15-16H2,1-2H3. The number of esters is 1. The number of cyclic esters (lactones) is 1. The van der Waals surface area contributed by atoms with Gasteiger partial charge in [-0.15, -0.1) is 5.10 Å². The first-order valence-corrected chi connectivity index (χ1v) is 12.6. The minimum atomic E-state index is -0.886. The highest BCUT2D eigenvalue weighted by Gasteiger charge is 2.51. The maximum atomic E-state index is 13.4. The van der Waals surface area contributed by atoms with Crippen molar-refractivity contribution >= 4 is 17.5 Å². The van der Waals surface area contributed by atoms with Crippen molar-refractivity contribution in [1.82, 2.24) is 19.6 Å². The van der Waals surface area contributed by atoms with E-state index < -0.39 is 17.5 Å². The number of phenols is 1. The van der Waals surface area contributed by atoms with E-state index in [1.807, 2.05) is 32.0 Å². The zero-order valence-corrected chi connectivity index (χ0v) is 20.4. The molecule has 3 aromatic rings. The molecule has 2 aliphatic rings. The molecule has 0 spiro atoms. The third-order valence-corrected chi connectivity index (χ3v) is 7.69. The van der Waals surface area contributed by atoms with Gasteiger partial charge in [-0.3, -0.25) is 9.59 Å². The second-order valence-electron chi connectivity index (χ2n) is 10.0. The summed E-state index contributed by atoms with van der Waals surface area (Å²) in [6, 6.07) is 7.48. The van der Waals surface area contributed by atoms with E-state index in [0.29, 0.717) is 30.2 Å². The number of rotatable bonds is 7. The number of phenolic OH excluding ortho intramolecular Hbond substituents is 1. The molecule has 184 valence electrons. The summed E-state index contributed by atoms with van der Waals surface area (Å²) in [5, 5.41) is 14.4. The van der Waals surface area contributed by atoms with Crippen LogP contribution >= 0.6 is 0 Å². The molecule has 1 aliphatic carbocycles. The van der Waals surface area contributed by atoms with Crippen LogP contribution in [-0.4, -0.2) is 42.0 Å². The van der Waals surface area contributed by atoms with E-state index in [2.05, 4.69) is 15.1 Å². The number of aromatic hydroxyl groups is 1. The Labute approximate surface area is 204 Å². The topological polar surface area (TPSA) is 107 Å². The van der Waals surface area contributed by atoms with Crippen LogP contribution in [0.5, 0.6) is 5.75 Å². The SMILES string of the molecule is CCc1cc(CCC2(C3CCCC3)CC(=O)C(Cc3nc4nc(C)ccn4n3)C(=O)O2)ccc1O. The molecule has 1 aromatic carbocycles. The molecule has 3 heterocycles. The number of aryl methyl sites for hydroxylation is 3. The van der Waals surface area contributed by atoms with E-state index in [4.69, 9.17) is 4.74 Å². The van der Waals surface area contributed by atoms with Crippen LogP contribution in [0.15, 0.2) is 30.5 Å². The zero-order valence-electron chi connectivity index (χ0n) is 20.4. The second kappa shape index (κ2) is 9.40. The summed E-state index contributed by atoms with van der Waals surface area (Å²) in [4.78, 5) is 35.4. The molecule has 1 aliphatic heterocycles. The number of Topliss-reactive ketones (excluding diaryl/α,β-unsaturated/α-hetero) is 1. The molecule has 0 amide bonds. The molecule has 1 saturated heterocycles. The van der Waals surface area contributed by atoms with E-state index in [-0.39, 0.29) is 24.5 Å². The highest BCUT2D eigenvalue weighted by molar-refractivity contribution is 6.01. The van der Waals surface area contributed by atoms with Gasteiger partial charge < -0.3 is 9.84 Å². The Morgan fingerprint density at radius 3 is 2.71 bits per heavy atom. The lowest BCUT2D eigenvalue weighted by Gasteiger charge is -2.43. The molecule has 2 fully saturated rings. The maximum absolute atomic E-state index is 13.4. The molecule has 1 saturated carbocycles. The number of carbonyl (C=O) groups excluding carboxylic acids is 2. The summed E-state index contributed by atoms with van der Waals surface area (Å²) in [6.07, 6.45) is 8.30. The molecule has 35 heavy (non-hydrogen) atoms. The third-order valence-electron chi connectivity index (χ3n) is 7.69. The van der Waals surface area contributed by atoms with Crippen molar-refractivity contribution in [2.45, 2.75) is 77.2 Å². The Hall–Kier alpha value is -3.29. The fraction of sp³-hybridized carbons (Fsp3) is 0.519. The molecule has 2 aromatic heterocycles. The van der Waals surface area contributed by atoms with Crippen molar-refractivity contribution in [3.63, 3.8) is 0 Å². The Kier molecular flexibility index (Phi) is 6.30. The van der Waals surface area contributed by atoms with E-state index in [0.717, 1.165) is 48.9 Å². The minimum Gasteiger partial charge on any atom is -0.508 e. The molecule has 0 radical (unpaired) electrons. The van der Waals surface area contributed by atoms with E-state index in [1.165, 1.54) is 0 Å². The molecule has 1 N–H and O–H groups in total. The van der Waals surface area contributed by atoms with Crippen molar-refractivity contribution in [3.8, 4) is 5.75 Å². The summed E-state index contributed by atoms with van der Waals surface area (Å²) in [5.74, 6) is -0.0646. The minimum absolute atomic E-state index is 0.0869. The first-order chi connectivity index (χ1) is 16.9. The quantitative estimate of drug-likeness (QED) is 0.407. The van der Waals surface area contributed by atoms with Gasteiger partial charge in [0.1, 0.15) is 17.3 Å². The fourth-order valence-corrected chi connectivity index (χ4v) is 5.69. The maximum Gasteiger partial charge on any atom is 0.317 e.